The van der Waals surface area contributed by atoms with Crippen LogP contribution in [0.2, 0.25) is 0 Å². The summed E-state index contributed by atoms with van der Waals surface area (Å²) in [6, 6.07) is 7.13. The van der Waals surface area contributed by atoms with Crippen molar-refractivity contribution in [2.45, 2.75) is 18.4 Å². The van der Waals surface area contributed by atoms with Crippen LogP contribution in [0.1, 0.15) is 17.5 Å². The van der Waals surface area contributed by atoms with Crippen molar-refractivity contribution in [2.75, 3.05) is 20.6 Å². The molecule has 1 heterocycles. The summed E-state index contributed by atoms with van der Waals surface area (Å²) in [5, 5.41) is 2.80. The molecular formula is C15H17N3O3. The first-order chi connectivity index (χ1) is 9.95. The van der Waals surface area contributed by atoms with E-state index in [1.165, 1.54) is 4.90 Å². The molecule has 110 valence electrons. The fourth-order valence-electron chi connectivity index (χ4n) is 3.01. The molecule has 6 nitrogen and oxygen atoms in total. The lowest BCUT2D eigenvalue weighted by Crippen LogP contribution is -2.43. The van der Waals surface area contributed by atoms with Crippen molar-refractivity contribution in [3.8, 4) is 0 Å². The molecule has 1 aromatic rings. The largest absolute Gasteiger partial charge is 0.347 e. The van der Waals surface area contributed by atoms with Crippen LogP contribution in [0.25, 0.3) is 0 Å². The van der Waals surface area contributed by atoms with E-state index in [-0.39, 0.29) is 18.4 Å². The average molecular weight is 287 g/mol. The number of carbonyl (C=O) groups excluding carboxylic acids is 3. The number of nitrogens with zero attached hydrogens (tertiary/aromatic N) is 2. The molecular weight excluding hydrogens is 270 g/mol. The number of urea groups is 1. The number of nitrogens with one attached hydrogen (secondary N) is 1. The summed E-state index contributed by atoms with van der Waals surface area (Å²) < 4.78 is 0. The zero-order valence-electron chi connectivity index (χ0n) is 12.0. The Hall–Kier alpha value is -2.37. The molecule has 1 fully saturated rings. The van der Waals surface area contributed by atoms with Crippen LogP contribution in [0.5, 0.6) is 0 Å². The molecule has 3 rings (SSSR count). The molecule has 1 atom stereocenters. The Bertz CT molecular complexity index is 641. The predicted molar refractivity (Wildman–Crippen MR) is 75.4 cm³/mol. The highest BCUT2D eigenvalue weighted by molar-refractivity contribution is 6.09. The number of amides is 4. The van der Waals surface area contributed by atoms with E-state index in [1.54, 1.807) is 14.1 Å². The molecule has 0 aromatic heterocycles. The van der Waals surface area contributed by atoms with E-state index >= 15 is 0 Å². The van der Waals surface area contributed by atoms with Crippen molar-refractivity contribution in [2.24, 2.45) is 0 Å². The smallest absolute Gasteiger partial charge is 0.325 e. The number of benzene rings is 1. The normalized spacial score (nSPS) is 23.4. The highest BCUT2D eigenvalue weighted by atomic mass is 16.2. The van der Waals surface area contributed by atoms with Gasteiger partial charge in [0, 0.05) is 14.1 Å². The summed E-state index contributed by atoms with van der Waals surface area (Å²) in [6.07, 6.45) is 1.29. The van der Waals surface area contributed by atoms with Crippen molar-refractivity contribution >= 4 is 17.8 Å². The molecule has 6 heteroatoms. The number of rotatable bonds is 2. The summed E-state index contributed by atoms with van der Waals surface area (Å²) in [5.74, 6) is -0.602. The first kappa shape index (κ1) is 13.6. The van der Waals surface area contributed by atoms with Gasteiger partial charge in [-0.1, -0.05) is 24.3 Å². The van der Waals surface area contributed by atoms with Gasteiger partial charge in [-0.05, 0) is 24.0 Å². The van der Waals surface area contributed by atoms with Crippen molar-refractivity contribution in [3.63, 3.8) is 0 Å². The zero-order valence-corrected chi connectivity index (χ0v) is 12.0. The van der Waals surface area contributed by atoms with Gasteiger partial charge in [-0.2, -0.15) is 0 Å². The summed E-state index contributed by atoms with van der Waals surface area (Å²) in [6.45, 7) is -0.221. The van der Waals surface area contributed by atoms with E-state index in [9.17, 15) is 14.4 Å². The fourth-order valence-corrected chi connectivity index (χ4v) is 3.01. The molecule has 1 spiro atoms. The molecule has 0 radical (unpaired) electrons. The van der Waals surface area contributed by atoms with Crippen LogP contribution >= 0.6 is 0 Å². The van der Waals surface area contributed by atoms with Crippen molar-refractivity contribution in [1.29, 1.82) is 0 Å². The third-order valence-electron chi connectivity index (χ3n) is 4.21. The van der Waals surface area contributed by atoms with E-state index in [0.717, 1.165) is 22.4 Å². The van der Waals surface area contributed by atoms with Gasteiger partial charge in [-0.15, -0.1) is 0 Å². The number of aryl methyl sites for hydroxylation is 1. The number of imide groups is 1. The number of hydrogen-bond acceptors (Lipinski definition) is 3. The Balaban J connectivity index is 1.93. The Labute approximate surface area is 122 Å². The monoisotopic (exact) mass is 287 g/mol. The Morgan fingerprint density at radius 1 is 1.33 bits per heavy atom. The molecule has 1 aliphatic heterocycles. The lowest BCUT2D eigenvalue weighted by molar-refractivity contribution is -0.137. The second kappa shape index (κ2) is 4.58. The van der Waals surface area contributed by atoms with Crippen LogP contribution in [-0.4, -0.2) is 48.3 Å². The van der Waals surface area contributed by atoms with Gasteiger partial charge in [0.15, 0.2) is 0 Å². The molecule has 0 bridgehead atoms. The molecule has 1 aliphatic carbocycles. The summed E-state index contributed by atoms with van der Waals surface area (Å²) in [7, 11) is 3.20. The van der Waals surface area contributed by atoms with E-state index in [4.69, 9.17) is 0 Å². The molecule has 1 saturated heterocycles. The first-order valence-electron chi connectivity index (χ1n) is 6.88. The number of hydrogen-bond donors (Lipinski definition) is 1. The van der Waals surface area contributed by atoms with Crippen LogP contribution < -0.4 is 5.32 Å². The minimum absolute atomic E-state index is 0.221. The summed E-state index contributed by atoms with van der Waals surface area (Å²) in [5.41, 5.74) is 0.940. The average Bonchev–Trinajstić information content (AvgIpc) is 2.94. The molecule has 21 heavy (non-hydrogen) atoms. The lowest BCUT2D eigenvalue weighted by Gasteiger charge is -2.22. The Morgan fingerprint density at radius 3 is 2.76 bits per heavy atom. The minimum atomic E-state index is -0.986. The SMILES string of the molecule is CN(C)C(=O)CN1C(=O)N[C@]2(CCc3ccccc32)C1=O. The van der Waals surface area contributed by atoms with E-state index in [2.05, 4.69) is 5.32 Å². The fraction of sp³-hybridized carbons (Fsp3) is 0.400. The van der Waals surface area contributed by atoms with Crippen molar-refractivity contribution < 1.29 is 14.4 Å². The number of likely N-dealkylation sites (N-methyl/N-ethyl adjacent to an activating group) is 1. The number of carbonyl (C=O) groups is 3. The highest BCUT2D eigenvalue weighted by Crippen LogP contribution is 2.41. The second-order valence-electron chi connectivity index (χ2n) is 5.67. The summed E-state index contributed by atoms with van der Waals surface area (Å²) >= 11 is 0. The maximum absolute atomic E-state index is 12.7. The molecule has 0 unspecified atom stereocenters. The van der Waals surface area contributed by atoms with Gasteiger partial charge >= 0.3 is 6.03 Å². The third-order valence-corrected chi connectivity index (χ3v) is 4.21. The van der Waals surface area contributed by atoms with Crippen LogP contribution in [0.3, 0.4) is 0 Å². The van der Waals surface area contributed by atoms with Crippen LogP contribution in [-0.2, 0) is 21.5 Å². The predicted octanol–water partition coefficient (Wildman–Crippen LogP) is 0.468. The quantitative estimate of drug-likeness (QED) is 0.804. The van der Waals surface area contributed by atoms with Gasteiger partial charge in [-0.3, -0.25) is 14.5 Å². The lowest BCUT2D eigenvalue weighted by atomic mass is 9.92. The van der Waals surface area contributed by atoms with Crippen LogP contribution in [0.4, 0.5) is 4.79 Å². The standard InChI is InChI=1S/C15H17N3O3/c1-17(2)12(19)9-18-13(20)15(16-14(18)21)8-7-10-5-3-4-6-11(10)15/h3-6H,7-9H2,1-2H3,(H,16,21)/t15-/m0/s1. The Morgan fingerprint density at radius 2 is 2.05 bits per heavy atom. The molecule has 2 aliphatic rings. The van der Waals surface area contributed by atoms with Gasteiger partial charge in [0.25, 0.3) is 5.91 Å². The molecule has 4 amide bonds. The molecule has 1 N–H and O–H groups in total. The second-order valence-corrected chi connectivity index (χ2v) is 5.67. The van der Waals surface area contributed by atoms with Gasteiger partial charge in [0.1, 0.15) is 12.1 Å². The maximum Gasteiger partial charge on any atom is 0.325 e. The van der Waals surface area contributed by atoms with E-state index in [0.29, 0.717) is 6.42 Å². The minimum Gasteiger partial charge on any atom is -0.347 e. The van der Waals surface area contributed by atoms with E-state index < -0.39 is 11.6 Å². The highest BCUT2D eigenvalue weighted by Gasteiger charge is 2.55. The van der Waals surface area contributed by atoms with Gasteiger partial charge in [-0.25, -0.2) is 4.79 Å². The Kier molecular flexibility index (Phi) is 2.97. The summed E-state index contributed by atoms with van der Waals surface area (Å²) in [4.78, 5) is 39.0. The third kappa shape index (κ3) is 1.90. The molecule has 0 saturated carbocycles. The van der Waals surface area contributed by atoms with Gasteiger partial charge in [0.2, 0.25) is 5.91 Å². The number of fused-ring (bicyclic) bond motifs is 2. The molecule has 1 aromatic carbocycles. The van der Waals surface area contributed by atoms with Gasteiger partial charge in [0.05, 0.1) is 0 Å². The van der Waals surface area contributed by atoms with Crippen LogP contribution in [0.15, 0.2) is 24.3 Å². The van der Waals surface area contributed by atoms with Crippen LogP contribution in [0, 0.1) is 0 Å². The van der Waals surface area contributed by atoms with Crippen molar-refractivity contribution in [1.82, 2.24) is 15.1 Å². The maximum atomic E-state index is 12.7. The van der Waals surface area contributed by atoms with Crippen molar-refractivity contribution in [3.05, 3.63) is 35.4 Å². The first-order valence-corrected chi connectivity index (χ1v) is 6.88. The van der Waals surface area contributed by atoms with E-state index in [1.807, 2.05) is 24.3 Å². The zero-order chi connectivity index (χ0) is 15.2. The topological polar surface area (TPSA) is 69.7 Å². The van der Waals surface area contributed by atoms with Gasteiger partial charge < -0.3 is 10.2 Å².